The van der Waals surface area contributed by atoms with Crippen LogP contribution in [0, 0.1) is 5.82 Å². The van der Waals surface area contributed by atoms with Gasteiger partial charge in [-0.25, -0.2) is 9.18 Å². The fraction of sp³-hybridized carbons (Fsp3) is 0.391. The Morgan fingerprint density at radius 3 is 2.44 bits per heavy atom. The molecular formula is C23H19F3N2O6. The zero-order valence-electron chi connectivity index (χ0n) is 17.6. The van der Waals surface area contributed by atoms with Gasteiger partial charge in [-0.3, -0.25) is 4.79 Å². The number of halogens is 3. The minimum Gasteiger partial charge on any atom is -0.483 e. The van der Waals surface area contributed by atoms with Crippen LogP contribution in [0.3, 0.4) is 0 Å². The number of carboxylic acid groups (broad SMARTS) is 1. The Kier molecular flexibility index (Phi) is 4.13. The van der Waals surface area contributed by atoms with E-state index in [1.54, 1.807) is 12.1 Å². The fourth-order valence-corrected chi connectivity index (χ4v) is 5.06. The molecule has 1 spiro atoms. The van der Waals surface area contributed by atoms with E-state index in [1.807, 2.05) is 0 Å². The lowest BCUT2D eigenvalue weighted by atomic mass is 9.81. The lowest BCUT2D eigenvalue weighted by Crippen LogP contribution is -2.68. The minimum atomic E-state index is -3.75. The first kappa shape index (κ1) is 20.9. The van der Waals surface area contributed by atoms with Crippen molar-refractivity contribution in [1.29, 1.82) is 0 Å². The van der Waals surface area contributed by atoms with Crippen LogP contribution in [0.1, 0.15) is 36.4 Å². The van der Waals surface area contributed by atoms with E-state index in [4.69, 9.17) is 4.74 Å². The summed E-state index contributed by atoms with van der Waals surface area (Å²) >= 11 is 0. The van der Waals surface area contributed by atoms with E-state index in [9.17, 15) is 27.9 Å². The number of hydrogen-bond donors (Lipinski definition) is 2. The van der Waals surface area contributed by atoms with Gasteiger partial charge < -0.3 is 29.5 Å². The van der Waals surface area contributed by atoms with Gasteiger partial charge in [0, 0.05) is 18.1 Å². The molecule has 3 heterocycles. The van der Waals surface area contributed by atoms with Crippen molar-refractivity contribution in [3.63, 3.8) is 0 Å². The van der Waals surface area contributed by atoms with Crippen LogP contribution in [-0.4, -0.2) is 47.0 Å². The highest BCUT2D eigenvalue weighted by Crippen LogP contribution is 2.53. The summed E-state index contributed by atoms with van der Waals surface area (Å²) in [7, 11) is 0. The number of fused-ring (bicyclic) bond motifs is 2. The van der Waals surface area contributed by atoms with Crippen LogP contribution in [0.15, 0.2) is 36.4 Å². The highest BCUT2D eigenvalue weighted by Gasteiger charge is 2.56. The fourth-order valence-electron chi connectivity index (χ4n) is 5.06. The summed E-state index contributed by atoms with van der Waals surface area (Å²) in [5.41, 5.74) is -0.644. The van der Waals surface area contributed by atoms with Crippen LogP contribution in [0.2, 0.25) is 0 Å². The average Bonchev–Trinajstić information content (AvgIpc) is 3.48. The Balaban J connectivity index is 1.26. The largest absolute Gasteiger partial charge is 0.586 e. The second-order valence-corrected chi connectivity index (χ2v) is 9.25. The van der Waals surface area contributed by atoms with E-state index in [2.05, 4.69) is 14.8 Å². The van der Waals surface area contributed by atoms with Crippen molar-refractivity contribution in [2.45, 2.75) is 42.6 Å². The Morgan fingerprint density at radius 2 is 1.74 bits per heavy atom. The molecule has 1 atom stereocenters. The number of rotatable bonds is 3. The summed E-state index contributed by atoms with van der Waals surface area (Å²) in [5, 5.41) is 12.2. The van der Waals surface area contributed by atoms with E-state index >= 15 is 0 Å². The molecule has 1 saturated heterocycles. The van der Waals surface area contributed by atoms with Gasteiger partial charge in [-0.15, -0.1) is 8.78 Å². The topological polar surface area (TPSA) is 97.3 Å². The number of carbonyl (C=O) groups excluding carboxylic acids is 1. The predicted molar refractivity (Wildman–Crippen MR) is 108 cm³/mol. The highest BCUT2D eigenvalue weighted by atomic mass is 19.3. The molecule has 2 N–H and O–H groups in total. The van der Waals surface area contributed by atoms with Gasteiger partial charge in [-0.05, 0) is 36.6 Å². The third-order valence-corrected chi connectivity index (χ3v) is 6.93. The van der Waals surface area contributed by atoms with Crippen molar-refractivity contribution in [2.24, 2.45) is 0 Å². The Hall–Kier alpha value is -3.63. The Morgan fingerprint density at radius 1 is 1.00 bits per heavy atom. The zero-order valence-corrected chi connectivity index (χ0v) is 17.6. The second-order valence-electron chi connectivity index (χ2n) is 9.25. The van der Waals surface area contributed by atoms with Gasteiger partial charge in [0.15, 0.2) is 11.5 Å². The number of nitrogens with one attached hydrogen (secondary N) is 1. The number of carbonyl (C=O) groups is 2. The molecule has 8 nitrogen and oxygen atoms in total. The maximum Gasteiger partial charge on any atom is 0.586 e. The molecule has 3 aliphatic heterocycles. The maximum absolute atomic E-state index is 13.9. The Bertz CT molecular complexity index is 1230. The lowest BCUT2D eigenvalue weighted by molar-refractivity contribution is -0.286. The molecule has 0 bridgehead atoms. The monoisotopic (exact) mass is 476 g/mol. The summed E-state index contributed by atoms with van der Waals surface area (Å²) in [4.78, 5) is 25.9. The predicted octanol–water partition coefficient (Wildman–Crippen LogP) is 3.55. The molecule has 2 aromatic carbocycles. The van der Waals surface area contributed by atoms with Gasteiger partial charge in [0.25, 0.3) is 0 Å². The van der Waals surface area contributed by atoms with Gasteiger partial charge in [-0.1, -0.05) is 12.1 Å². The van der Waals surface area contributed by atoms with Gasteiger partial charge in [0.05, 0.1) is 24.5 Å². The summed E-state index contributed by atoms with van der Waals surface area (Å²) in [6, 6.07) is 7.82. The molecule has 34 heavy (non-hydrogen) atoms. The van der Waals surface area contributed by atoms with Gasteiger partial charge in [-0.2, -0.15) is 0 Å². The number of alkyl halides is 2. The molecule has 1 saturated carbocycles. The van der Waals surface area contributed by atoms with E-state index in [0.717, 1.165) is 0 Å². The van der Waals surface area contributed by atoms with Gasteiger partial charge >= 0.3 is 12.4 Å². The summed E-state index contributed by atoms with van der Waals surface area (Å²) in [6.45, 7) is 0.207. The molecule has 0 aromatic heterocycles. The van der Waals surface area contributed by atoms with E-state index < -0.39 is 35.3 Å². The minimum absolute atomic E-state index is 0.0970. The molecular weight excluding hydrogens is 457 g/mol. The molecule has 6 rings (SSSR count). The van der Waals surface area contributed by atoms with Gasteiger partial charge in [0.1, 0.15) is 17.2 Å². The highest BCUT2D eigenvalue weighted by molar-refractivity contribution is 5.92. The molecule has 2 amide bonds. The Labute approximate surface area is 191 Å². The first-order valence-corrected chi connectivity index (χ1v) is 10.8. The third kappa shape index (κ3) is 3.21. The first-order chi connectivity index (χ1) is 16.1. The molecule has 2 fully saturated rings. The van der Waals surface area contributed by atoms with Crippen molar-refractivity contribution in [3.05, 3.63) is 53.3 Å². The summed E-state index contributed by atoms with van der Waals surface area (Å²) in [5.74, 6) is -0.774. The molecule has 1 unspecified atom stereocenters. The van der Waals surface area contributed by atoms with Crippen molar-refractivity contribution in [2.75, 3.05) is 13.1 Å². The average molecular weight is 476 g/mol. The molecule has 4 aliphatic rings. The van der Waals surface area contributed by atoms with E-state index in [-0.39, 0.29) is 36.2 Å². The number of nitrogens with zero attached hydrogens (tertiary/aromatic N) is 1. The SMILES string of the molecule is O=C(O)N1CC2(CC(NC(=O)C3(c4ccc5c(c4)OC(F)(F)O5)CC3)c3ccc(F)cc3O2)C1. The van der Waals surface area contributed by atoms with Gasteiger partial charge in [0.2, 0.25) is 5.91 Å². The quantitative estimate of drug-likeness (QED) is 0.704. The number of amides is 2. The van der Waals surface area contributed by atoms with Crippen LogP contribution in [0.25, 0.3) is 0 Å². The summed E-state index contributed by atoms with van der Waals surface area (Å²) in [6.07, 6.45) is -3.48. The van der Waals surface area contributed by atoms with E-state index in [1.165, 1.54) is 29.2 Å². The maximum atomic E-state index is 13.9. The van der Waals surface area contributed by atoms with E-state index in [0.29, 0.717) is 30.4 Å². The number of ether oxygens (including phenoxy) is 3. The summed E-state index contributed by atoms with van der Waals surface area (Å²) < 4.78 is 55.7. The molecule has 2 aromatic rings. The number of benzene rings is 2. The van der Waals surface area contributed by atoms with Crippen molar-refractivity contribution < 1.29 is 42.1 Å². The lowest BCUT2D eigenvalue weighted by Gasteiger charge is -2.52. The van der Waals surface area contributed by atoms with Crippen LogP contribution in [0.5, 0.6) is 17.2 Å². The van der Waals surface area contributed by atoms with Crippen LogP contribution in [0.4, 0.5) is 18.0 Å². The van der Waals surface area contributed by atoms with Crippen molar-refractivity contribution in [1.82, 2.24) is 10.2 Å². The van der Waals surface area contributed by atoms with Crippen molar-refractivity contribution in [3.8, 4) is 17.2 Å². The number of hydrogen-bond acceptors (Lipinski definition) is 5. The molecule has 0 radical (unpaired) electrons. The molecule has 11 heteroatoms. The first-order valence-electron chi connectivity index (χ1n) is 10.8. The standard InChI is InChI=1S/C23H19F3N2O6/c24-13-2-3-14-15(9-21(32-17(14)8-13)10-28(11-21)20(30)31)27-19(29)22(5-6-22)12-1-4-16-18(7-12)34-23(25,26)33-16/h1-4,7-8,15H,5-6,9-11H2,(H,27,29)(H,30,31). The zero-order chi connectivity index (χ0) is 23.9. The molecule has 178 valence electrons. The normalized spacial score (nSPS) is 24.0. The van der Waals surface area contributed by atoms with Crippen LogP contribution >= 0.6 is 0 Å². The van der Waals surface area contributed by atoms with Crippen LogP contribution in [-0.2, 0) is 10.2 Å². The smallest absolute Gasteiger partial charge is 0.483 e. The third-order valence-electron chi connectivity index (χ3n) is 6.93. The number of likely N-dealkylation sites (tertiary alicyclic amines) is 1. The molecule has 1 aliphatic carbocycles. The van der Waals surface area contributed by atoms with Crippen molar-refractivity contribution >= 4 is 12.0 Å². The van der Waals surface area contributed by atoms with Crippen LogP contribution < -0.4 is 19.5 Å². The second kappa shape index (κ2) is 6.71.